The maximum atomic E-state index is 12.0. The second-order valence-electron chi connectivity index (χ2n) is 5.17. The number of carbonyl (C=O) groups is 1. The number of carbonyl (C=O) groups excluding carboxylic acids is 1. The molecule has 1 amide bonds. The smallest absolute Gasteiger partial charge is 0.237 e. The van der Waals surface area contributed by atoms with Crippen LogP contribution in [0.15, 0.2) is 18.2 Å². The predicted molar refractivity (Wildman–Crippen MR) is 88.9 cm³/mol. The normalized spacial score (nSPS) is 13.0. The maximum Gasteiger partial charge on any atom is 0.237 e. The molecular weight excluding hydrogens is 288 g/mol. The highest BCUT2D eigenvalue weighted by Gasteiger charge is 2.19. The van der Waals surface area contributed by atoms with Crippen molar-refractivity contribution >= 4 is 18.3 Å². The Bertz CT molecular complexity index is 452. The summed E-state index contributed by atoms with van der Waals surface area (Å²) in [6.45, 7) is 9.04. The number of hydrogen-bond acceptors (Lipinski definition) is 3. The number of nitrogens with two attached hydrogens (primary N) is 1. The largest absolute Gasteiger partial charge is 0.494 e. The Balaban J connectivity index is 0.00000400. The first-order valence-corrected chi connectivity index (χ1v) is 7.25. The number of halogens is 1. The molecule has 0 aliphatic heterocycles. The summed E-state index contributed by atoms with van der Waals surface area (Å²) in [6, 6.07) is 5.52. The third kappa shape index (κ3) is 5.94. The molecule has 1 aromatic rings. The summed E-state index contributed by atoms with van der Waals surface area (Å²) in [5, 5.41) is 2.89. The fourth-order valence-corrected chi connectivity index (χ4v) is 1.91. The summed E-state index contributed by atoms with van der Waals surface area (Å²) in [5.41, 5.74) is 8.03. The van der Waals surface area contributed by atoms with Crippen molar-refractivity contribution < 1.29 is 9.53 Å². The van der Waals surface area contributed by atoms with Gasteiger partial charge in [-0.1, -0.05) is 32.4 Å². The Kier molecular flexibility index (Phi) is 9.06. The lowest BCUT2D eigenvalue weighted by atomic mass is 9.99. The molecular formula is C16H27ClN2O2. The van der Waals surface area contributed by atoms with Crippen LogP contribution < -0.4 is 15.8 Å². The third-order valence-corrected chi connectivity index (χ3v) is 3.54. The molecule has 5 heteroatoms. The molecule has 0 fully saturated rings. The Morgan fingerprint density at radius 1 is 1.38 bits per heavy atom. The molecule has 120 valence electrons. The molecule has 0 heterocycles. The van der Waals surface area contributed by atoms with Crippen molar-refractivity contribution in [2.24, 2.45) is 11.7 Å². The van der Waals surface area contributed by atoms with E-state index in [-0.39, 0.29) is 24.2 Å². The molecule has 0 aliphatic rings. The molecule has 0 aromatic heterocycles. The fourth-order valence-electron chi connectivity index (χ4n) is 1.91. The van der Waals surface area contributed by atoms with Crippen LogP contribution in [0.2, 0.25) is 0 Å². The number of rotatable bonds is 7. The number of amides is 1. The molecule has 3 N–H and O–H groups in total. The standard InChI is InChI=1S/C16H26N2O2.ClH/c1-5-12(4)15(17)16(19)18-10-13-8-7-11(3)9-14(13)20-6-2;/h7-9,12,15H,5-6,10,17H2,1-4H3,(H,18,19);1H. The van der Waals surface area contributed by atoms with E-state index in [0.717, 1.165) is 23.3 Å². The van der Waals surface area contributed by atoms with Crippen molar-refractivity contribution in [3.8, 4) is 5.75 Å². The van der Waals surface area contributed by atoms with Crippen LogP contribution in [0, 0.1) is 12.8 Å². The number of ether oxygens (including phenoxy) is 1. The Morgan fingerprint density at radius 3 is 2.62 bits per heavy atom. The molecule has 0 spiro atoms. The van der Waals surface area contributed by atoms with Gasteiger partial charge in [-0.15, -0.1) is 12.4 Å². The lowest BCUT2D eigenvalue weighted by Crippen LogP contribution is -2.44. The van der Waals surface area contributed by atoms with E-state index in [9.17, 15) is 4.79 Å². The second kappa shape index (κ2) is 9.64. The van der Waals surface area contributed by atoms with Crippen molar-refractivity contribution in [2.75, 3.05) is 6.61 Å². The van der Waals surface area contributed by atoms with E-state index in [0.29, 0.717) is 13.2 Å². The van der Waals surface area contributed by atoms with Crippen LogP contribution in [0.5, 0.6) is 5.75 Å². The summed E-state index contributed by atoms with van der Waals surface area (Å²) >= 11 is 0. The van der Waals surface area contributed by atoms with Crippen molar-refractivity contribution in [2.45, 2.75) is 46.7 Å². The molecule has 21 heavy (non-hydrogen) atoms. The summed E-state index contributed by atoms with van der Waals surface area (Å²) in [6.07, 6.45) is 0.892. The van der Waals surface area contributed by atoms with Gasteiger partial charge in [-0.3, -0.25) is 4.79 Å². The molecule has 0 bridgehead atoms. The number of nitrogens with one attached hydrogen (secondary N) is 1. The molecule has 2 unspecified atom stereocenters. The zero-order valence-electron chi connectivity index (χ0n) is 13.3. The molecule has 0 saturated heterocycles. The van der Waals surface area contributed by atoms with Crippen LogP contribution in [0.4, 0.5) is 0 Å². The first-order chi connectivity index (χ1) is 9.49. The lowest BCUT2D eigenvalue weighted by Gasteiger charge is -2.18. The van der Waals surface area contributed by atoms with Crippen molar-refractivity contribution in [3.63, 3.8) is 0 Å². The topological polar surface area (TPSA) is 64.3 Å². The first kappa shape index (κ1) is 19.7. The van der Waals surface area contributed by atoms with Gasteiger partial charge in [0.2, 0.25) is 5.91 Å². The molecule has 2 atom stereocenters. The van der Waals surface area contributed by atoms with E-state index < -0.39 is 6.04 Å². The van der Waals surface area contributed by atoms with E-state index in [4.69, 9.17) is 10.5 Å². The minimum absolute atomic E-state index is 0. The summed E-state index contributed by atoms with van der Waals surface area (Å²) < 4.78 is 5.60. The predicted octanol–water partition coefficient (Wildman–Crippen LogP) is 2.81. The second-order valence-corrected chi connectivity index (χ2v) is 5.17. The minimum atomic E-state index is -0.457. The highest BCUT2D eigenvalue weighted by Crippen LogP contribution is 2.20. The zero-order chi connectivity index (χ0) is 15.1. The van der Waals surface area contributed by atoms with E-state index >= 15 is 0 Å². The fraction of sp³-hybridized carbons (Fsp3) is 0.562. The van der Waals surface area contributed by atoms with Gasteiger partial charge in [-0.05, 0) is 31.4 Å². The highest BCUT2D eigenvalue weighted by molar-refractivity contribution is 5.85. The van der Waals surface area contributed by atoms with Crippen LogP contribution in [-0.4, -0.2) is 18.6 Å². The van der Waals surface area contributed by atoms with E-state index in [1.54, 1.807) is 0 Å². The van der Waals surface area contributed by atoms with Gasteiger partial charge in [0.25, 0.3) is 0 Å². The first-order valence-electron chi connectivity index (χ1n) is 7.25. The monoisotopic (exact) mass is 314 g/mol. The van der Waals surface area contributed by atoms with Crippen LogP contribution in [0.1, 0.15) is 38.3 Å². The van der Waals surface area contributed by atoms with Crippen molar-refractivity contribution in [1.29, 1.82) is 0 Å². The third-order valence-electron chi connectivity index (χ3n) is 3.54. The van der Waals surface area contributed by atoms with Gasteiger partial charge in [0.05, 0.1) is 12.6 Å². The van der Waals surface area contributed by atoms with Gasteiger partial charge in [0.15, 0.2) is 0 Å². The Labute approximate surface area is 133 Å². The quantitative estimate of drug-likeness (QED) is 0.813. The van der Waals surface area contributed by atoms with Gasteiger partial charge < -0.3 is 15.8 Å². The molecule has 0 saturated carbocycles. The van der Waals surface area contributed by atoms with Crippen LogP contribution >= 0.6 is 12.4 Å². The molecule has 4 nitrogen and oxygen atoms in total. The van der Waals surface area contributed by atoms with Crippen LogP contribution in [-0.2, 0) is 11.3 Å². The minimum Gasteiger partial charge on any atom is -0.494 e. The lowest BCUT2D eigenvalue weighted by molar-refractivity contribution is -0.123. The molecule has 1 rings (SSSR count). The van der Waals surface area contributed by atoms with Gasteiger partial charge in [0, 0.05) is 12.1 Å². The van der Waals surface area contributed by atoms with Gasteiger partial charge in [-0.25, -0.2) is 0 Å². The number of aryl methyl sites for hydroxylation is 1. The summed E-state index contributed by atoms with van der Waals surface area (Å²) in [5.74, 6) is 0.895. The molecule has 0 radical (unpaired) electrons. The van der Waals surface area contributed by atoms with Gasteiger partial charge >= 0.3 is 0 Å². The Hall–Kier alpha value is -1.26. The zero-order valence-corrected chi connectivity index (χ0v) is 14.1. The van der Waals surface area contributed by atoms with Crippen molar-refractivity contribution in [3.05, 3.63) is 29.3 Å². The van der Waals surface area contributed by atoms with Crippen molar-refractivity contribution in [1.82, 2.24) is 5.32 Å². The highest BCUT2D eigenvalue weighted by atomic mass is 35.5. The maximum absolute atomic E-state index is 12.0. The van der Waals surface area contributed by atoms with Crippen LogP contribution in [0.3, 0.4) is 0 Å². The van der Waals surface area contributed by atoms with E-state index in [2.05, 4.69) is 5.32 Å². The average molecular weight is 315 g/mol. The Morgan fingerprint density at radius 2 is 2.05 bits per heavy atom. The van der Waals surface area contributed by atoms with Gasteiger partial charge in [-0.2, -0.15) is 0 Å². The molecule has 1 aromatic carbocycles. The van der Waals surface area contributed by atoms with E-state index in [1.807, 2.05) is 45.9 Å². The van der Waals surface area contributed by atoms with E-state index in [1.165, 1.54) is 0 Å². The summed E-state index contributed by atoms with van der Waals surface area (Å²) in [7, 11) is 0. The SMILES string of the molecule is CCOc1cc(C)ccc1CNC(=O)C(N)C(C)CC.Cl. The number of benzene rings is 1. The molecule has 0 aliphatic carbocycles. The average Bonchev–Trinajstić information content (AvgIpc) is 2.44. The van der Waals surface area contributed by atoms with Crippen LogP contribution in [0.25, 0.3) is 0 Å². The van der Waals surface area contributed by atoms with Gasteiger partial charge in [0.1, 0.15) is 5.75 Å². The number of hydrogen-bond donors (Lipinski definition) is 2. The summed E-state index contributed by atoms with van der Waals surface area (Å²) in [4.78, 5) is 12.0.